The third-order valence-electron chi connectivity index (χ3n) is 5.91. The van der Waals surface area contributed by atoms with Crippen LogP contribution in [0.1, 0.15) is 16.7 Å². The molecule has 0 saturated carbocycles. The molecule has 0 aromatic heterocycles. The molecule has 1 fully saturated rings. The van der Waals surface area contributed by atoms with Gasteiger partial charge in [0.1, 0.15) is 12.2 Å². The minimum Gasteiger partial charge on any atom is -0.389 e. The Balaban J connectivity index is 1.50. The van der Waals surface area contributed by atoms with Crippen molar-refractivity contribution in [3.63, 3.8) is 0 Å². The maximum absolute atomic E-state index is 10.8. The molecule has 0 aliphatic carbocycles. The molecule has 0 spiro atoms. The second-order valence-electron chi connectivity index (χ2n) is 8.30. The van der Waals surface area contributed by atoms with E-state index < -0.39 is 18.3 Å². The van der Waals surface area contributed by atoms with Crippen LogP contribution in [0.3, 0.4) is 0 Å². The maximum Gasteiger partial charge on any atom is 0.109 e. The van der Waals surface area contributed by atoms with Gasteiger partial charge in [0.2, 0.25) is 0 Å². The molecule has 3 aromatic rings. The summed E-state index contributed by atoms with van der Waals surface area (Å²) in [5.41, 5.74) is 3.27. The van der Waals surface area contributed by atoms with Gasteiger partial charge in [-0.3, -0.25) is 4.90 Å². The first-order valence-electron chi connectivity index (χ1n) is 11.1. The van der Waals surface area contributed by atoms with E-state index >= 15 is 0 Å². The van der Waals surface area contributed by atoms with Crippen molar-refractivity contribution in [3.8, 4) is 0 Å². The number of piperidine rings is 1. The molecule has 5 heteroatoms. The summed E-state index contributed by atoms with van der Waals surface area (Å²) in [5.74, 6) is 0. The van der Waals surface area contributed by atoms with Crippen molar-refractivity contribution in [2.45, 2.75) is 44.1 Å². The highest BCUT2D eigenvalue weighted by atomic mass is 16.5. The Hall–Kier alpha value is -2.54. The number of nitrogens with zero attached hydrogens (tertiary/aromatic N) is 1. The summed E-state index contributed by atoms with van der Waals surface area (Å²) in [4.78, 5) is 2.16. The van der Waals surface area contributed by atoms with Crippen LogP contribution in [0.4, 0.5) is 0 Å². The number of aliphatic hydroxyl groups is 2. The first-order chi connectivity index (χ1) is 15.7. The topological polar surface area (TPSA) is 62.2 Å². The van der Waals surface area contributed by atoms with E-state index in [1.165, 1.54) is 0 Å². The predicted octanol–water partition coefficient (Wildman–Crippen LogP) is 3.39. The molecule has 0 radical (unpaired) electrons. The van der Waals surface area contributed by atoms with Gasteiger partial charge in [-0.05, 0) is 16.7 Å². The highest BCUT2D eigenvalue weighted by Gasteiger charge is 2.43. The highest BCUT2D eigenvalue weighted by molar-refractivity contribution is 5.16. The molecule has 0 bridgehead atoms. The fraction of sp³-hybridized carbons (Fsp3) is 0.333. The molecule has 0 unspecified atom stereocenters. The van der Waals surface area contributed by atoms with E-state index in [-0.39, 0.29) is 6.04 Å². The number of hydrogen-bond donors (Lipinski definition) is 2. The van der Waals surface area contributed by atoms with Crippen LogP contribution < -0.4 is 0 Å². The van der Waals surface area contributed by atoms with Crippen LogP contribution in [0.5, 0.6) is 0 Å². The Morgan fingerprint density at radius 2 is 1.25 bits per heavy atom. The summed E-state index contributed by atoms with van der Waals surface area (Å²) in [6.45, 7) is 2.25. The van der Waals surface area contributed by atoms with E-state index in [2.05, 4.69) is 17.0 Å². The zero-order valence-corrected chi connectivity index (χ0v) is 18.2. The third kappa shape index (κ3) is 6.03. The fourth-order valence-corrected chi connectivity index (χ4v) is 4.19. The molecule has 2 N–H and O–H groups in total. The molecular weight excluding hydrogens is 402 g/mol. The Morgan fingerprint density at radius 3 is 1.84 bits per heavy atom. The van der Waals surface area contributed by atoms with Gasteiger partial charge in [0.25, 0.3) is 0 Å². The first kappa shape index (κ1) is 22.6. The summed E-state index contributed by atoms with van der Waals surface area (Å²) < 4.78 is 12.3. The van der Waals surface area contributed by atoms with Gasteiger partial charge in [0.15, 0.2) is 0 Å². The summed E-state index contributed by atoms with van der Waals surface area (Å²) in [6, 6.07) is 29.9. The zero-order valence-electron chi connectivity index (χ0n) is 18.2. The lowest BCUT2D eigenvalue weighted by Crippen LogP contribution is -2.63. The van der Waals surface area contributed by atoms with Crippen LogP contribution in [-0.4, -0.2) is 52.6 Å². The number of rotatable bonds is 9. The second kappa shape index (κ2) is 11.4. The minimum atomic E-state index is -0.976. The number of benzene rings is 3. The monoisotopic (exact) mass is 433 g/mol. The summed E-state index contributed by atoms with van der Waals surface area (Å²) in [7, 11) is 0. The van der Waals surface area contributed by atoms with E-state index in [0.717, 1.165) is 16.7 Å². The van der Waals surface area contributed by atoms with E-state index in [4.69, 9.17) is 9.47 Å². The molecule has 4 rings (SSSR count). The number of hydrogen-bond acceptors (Lipinski definition) is 5. The average Bonchev–Trinajstić information content (AvgIpc) is 2.83. The van der Waals surface area contributed by atoms with Crippen molar-refractivity contribution < 1.29 is 19.7 Å². The van der Waals surface area contributed by atoms with Crippen LogP contribution in [-0.2, 0) is 29.2 Å². The lowest BCUT2D eigenvalue weighted by atomic mass is 9.93. The third-order valence-corrected chi connectivity index (χ3v) is 5.91. The van der Waals surface area contributed by atoms with E-state index in [1.54, 1.807) is 0 Å². The normalized spacial score (nSPS) is 23.8. The van der Waals surface area contributed by atoms with Gasteiger partial charge in [-0.25, -0.2) is 0 Å². The van der Waals surface area contributed by atoms with Crippen molar-refractivity contribution in [2.75, 3.05) is 13.2 Å². The molecule has 3 aromatic carbocycles. The van der Waals surface area contributed by atoms with Crippen molar-refractivity contribution in [1.82, 2.24) is 4.90 Å². The Kier molecular flexibility index (Phi) is 8.04. The van der Waals surface area contributed by atoms with Gasteiger partial charge in [-0.15, -0.1) is 0 Å². The van der Waals surface area contributed by atoms with Crippen molar-refractivity contribution >= 4 is 0 Å². The van der Waals surface area contributed by atoms with Gasteiger partial charge in [0, 0.05) is 13.1 Å². The van der Waals surface area contributed by atoms with Crippen LogP contribution >= 0.6 is 0 Å². The van der Waals surface area contributed by atoms with E-state index in [1.807, 2.05) is 78.9 Å². The first-order valence-corrected chi connectivity index (χ1v) is 11.1. The van der Waals surface area contributed by atoms with Crippen LogP contribution in [0.25, 0.3) is 0 Å². The average molecular weight is 434 g/mol. The lowest BCUT2D eigenvalue weighted by Gasteiger charge is -2.45. The SMILES string of the molecule is O[C@H]1[C@H](OCc2ccccc2)[C@@H](COCc2ccccc2)N(Cc2ccccc2)C[C@H]1O. The summed E-state index contributed by atoms with van der Waals surface area (Å²) in [6.07, 6.45) is -2.43. The largest absolute Gasteiger partial charge is 0.389 e. The van der Waals surface area contributed by atoms with Crippen molar-refractivity contribution in [1.29, 1.82) is 0 Å². The molecule has 168 valence electrons. The van der Waals surface area contributed by atoms with Gasteiger partial charge in [-0.2, -0.15) is 0 Å². The van der Waals surface area contributed by atoms with E-state index in [9.17, 15) is 10.2 Å². The van der Waals surface area contributed by atoms with Gasteiger partial charge >= 0.3 is 0 Å². The minimum absolute atomic E-state index is 0.193. The Morgan fingerprint density at radius 1 is 0.719 bits per heavy atom. The maximum atomic E-state index is 10.8. The quantitative estimate of drug-likeness (QED) is 0.542. The molecule has 0 amide bonds. The van der Waals surface area contributed by atoms with Crippen molar-refractivity contribution in [3.05, 3.63) is 108 Å². The molecular formula is C27H31NO4. The number of β-amino-alcohol motifs (C(OH)–C–C–N with tert-alkyl or cyclic N) is 1. The molecule has 4 atom stereocenters. The summed E-state index contributed by atoms with van der Waals surface area (Å²) >= 11 is 0. The van der Waals surface area contributed by atoms with Gasteiger partial charge < -0.3 is 19.7 Å². The van der Waals surface area contributed by atoms with E-state index in [0.29, 0.717) is 32.9 Å². The number of ether oxygens (including phenoxy) is 2. The molecule has 1 heterocycles. The summed E-state index contributed by atoms with van der Waals surface area (Å²) in [5, 5.41) is 21.4. The molecule has 1 saturated heterocycles. The molecule has 32 heavy (non-hydrogen) atoms. The van der Waals surface area contributed by atoms with Crippen LogP contribution in [0.15, 0.2) is 91.0 Å². The highest BCUT2D eigenvalue weighted by Crippen LogP contribution is 2.25. The molecule has 1 aliphatic heterocycles. The number of likely N-dealkylation sites (tertiary alicyclic amines) is 1. The standard InChI is InChI=1S/C27H31NO4/c29-25-17-28(16-21-10-4-1-5-11-21)24(20-31-18-22-12-6-2-7-13-22)27(26(25)30)32-19-23-14-8-3-9-15-23/h1-15,24-27,29-30H,16-20H2/t24-,25-,26-,27-/m1/s1. The fourth-order valence-electron chi connectivity index (χ4n) is 4.19. The smallest absolute Gasteiger partial charge is 0.109 e. The predicted molar refractivity (Wildman–Crippen MR) is 124 cm³/mol. The number of aliphatic hydroxyl groups excluding tert-OH is 2. The van der Waals surface area contributed by atoms with Crippen LogP contribution in [0.2, 0.25) is 0 Å². The Bertz CT molecular complexity index is 922. The van der Waals surface area contributed by atoms with Crippen LogP contribution in [0, 0.1) is 0 Å². The second-order valence-corrected chi connectivity index (χ2v) is 8.30. The lowest BCUT2D eigenvalue weighted by molar-refractivity contribution is -0.177. The van der Waals surface area contributed by atoms with Gasteiger partial charge in [-0.1, -0.05) is 91.0 Å². The Labute approximate surface area is 189 Å². The van der Waals surface area contributed by atoms with Gasteiger partial charge in [0.05, 0.1) is 32.0 Å². The molecule has 5 nitrogen and oxygen atoms in total. The zero-order chi connectivity index (χ0) is 22.2. The van der Waals surface area contributed by atoms with Crippen molar-refractivity contribution in [2.24, 2.45) is 0 Å². The molecule has 1 aliphatic rings.